The molecule has 3 heteroatoms. The van der Waals surface area contributed by atoms with Crippen LogP contribution in [0, 0.1) is 6.92 Å². The topological polar surface area (TPSA) is 37.4 Å². The Morgan fingerprint density at radius 2 is 1.88 bits per heavy atom. The highest BCUT2D eigenvalue weighted by molar-refractivity contribution is 6.02. The van der Waals surface area contributed by atoms with E-state index in [9.17, 15) is 9.59 Å². The quantitative estimate of drug-likeness (QED) is 0.732. The Hall–Kier alpha value is -1.64. The van der Waals surface area contributed by atoms with Gasteiger partial charge in [-0.2, -0.15) is 0 Å². The first-order chi connectivity index (χ1) is 8.09. The number of nitrogens with zero attached hydrogens (tertiary/aromatic N) is 1. The summed E-state index contributed by atoms with van der Waals surface area (Å²) in [6, 6.07) is 7.29. The predicted molar refractivity (Wildman–Crippen MR) is 65.9 cm³/mol. The normalized spacial score (nSPS) is 19.4. The molecule has 0 saturated carbocycles. The van der Waals surface area contributed by atoms with Crippen LogP contribution >= 0.6 is 0 Å². The average molecular weight is 231 g/mol. The fourth-order valence-electron chi connectivity index (χ4n) is 2.33. The van der Waals surface area contributed by atoms with Crippen molar-refractivity contribution < 1.29 is 9.59 Å². The first kappa shape index (κ1) is 11.8. The van der Waals surface area contributed by atoms with Crippen molar-refractivity contribution in [3.63, 3.8) is 0 Å². The van der Waals surface area contributed by atoms with Crippen molar-refractivity contribution in [2.24, 2.45) is 0 Å². The molecule has 2 rings (SSSR count). The highest BCUT2D eigenvalue weighted by Gasteiger charge is 2.32. The predicted octanol–water partition coefficient (Wildman–Crippen LogP) is 2.19. The Morgan fingerprint density at radius 3 is 2.47 bits per heavy atom. The number of rotatable bonds is 2. The minimum absolute atomic E-state index is 0.00652. The fraction of sp³-hybridized carbons (Fsp3) is 0.429. The van der Waals surface area contributed by atoms with Gasteiger partial charge in [0, 0.05) is 19.0 Å². The average Bonchev–Trinajstić information content (AvgIpc) is 2.78. The van der Waals surface area contributed by atoms with E-state index in [-0.39, 0.29) is 17.7 Å². The summed E-state index contributed by atoms with van der Waals surface area (Å²) in [6.07, 6.45) is 1.70. The Labute approximate surface area is 101 Å². The van der Waals surface area contributed by atoms with Crippen LogP contribution in [0.4, 0.5) is 0 Å². The van der Waals surface area contributed by atoms with E-state index in [1.807, 2.05) is 31.2 Å². The smallest absolute Gasteiger partial charge is 0.220 e. The van der Waals surface area contributed by atoms with Crippen LogP contribution in [0.1, 0.15) is 35.7 Å². The number of carbonyl (C=O) groups is 2. The maximum absolute atomic E-state index is 12.3. The first-order valence-corrected chi connectivity index (χ1v) is 5.97. The lowest BCUT2D eigenvalue weighted by molar-refractivity contribution is -0.128. The van der Waals surface area contributed by atoms with Crippen molar-refractivity contribution >= 4 is 11.7 Å². The van der Waals surface area contributed by atoms with E-state index in [1.165, 1.54) is 6.92 Å². The minimum atomic E-state index is -0.254. The molecule has 1 fully saturated rings. The molecule has 0 spiro atoms. The van der Waals surface area contributed by atoms with E-state index in [0.717, 1.165) is 18.4 Å². The molecule has 1 unspecified atom stereocenters. The Balaban J connectivity index is 2.19. The zero-order chi connectivity index (χ0) is 12.4. The number of amides is 1. The third-order valence-electron chi connectivity index (χ3n) is 3.30. The van der Waals surface area contributed by atoms with E-state index >= 15 is 0 Å². The van der Waals surface area contributed by atoms with E-state index in [4.69, 9.17) is 0 Å². The van der Waals surface area contributed by atoms with Gasteiger partial charge in [0.1, 0.15) is 0 Å². The summed E-state index contributed by atoms with van der Waals surface area (Å²) >= 11 is 0. The van der Waals surface area contributed by atoms with Crippen LogP contribution in [0.25, 0.3) is 0 Å². The summed E-state index contributed by atoms with van der Waals surface area (Å²) in [5.41, 5.74) is 1.84. The molecule has 17 heavy (non-hydrogen) atoms. The summed E-state index contributed by atoms with van der Waals surface area (Å²) in [6.45, 7) is 4.23. The molecule has 1 aromatic rings. The first-order valence-electron chi connectivity index (χ1n) is 5.97. The van der Waals surface area contributed by atoms with Crippen molar-refractivity contribution in [2.75, 3.05) is 6.54 Å². The molecule has 0 aromatic heterocycles. The lowest BCUT2D eigenvalue weighted by Gasteiger charge is -2.22. The molecular weight excluding hydrogens is 214 g/mol. The fourth-order valence-corrected chi connectivity index (χ4v) is 2.33. The molecule has 1 heterocycles. The van der Waals surface area contributed by atoms with Crippen molar-refractivity contribution in [3.8, 4) is 0 Å². The number of ketones is 1. The second-order valence-electron chi connectivity index (χ2n) is 4.60. The van der Waals surface area contributed by atoms with Crippen LogP contribution in [-0.4, -0.2) is 29.2 Å². The molecule has 0 bridgehead atoms. The van der Waals surface area contributed by atoms with Crippen molar-refractivity contribution in [1.82, 2.24) is 4.90 Å². The van der Waals surface area contributed by atoms with Crippen LogP contribution < -0.4 is 0 Å². The molecular formula is C14H17NO2. The zero-order valence-electron chi connectivity index (χ0n) is 10.3. The number of benzene rings is 1. The van der Waals surface area contributed by atoms with Crippen LogP contribution in [-0.2, 0) is 4.79 Å². The van der Waals surface area contributed by atoms with Gasteiger partial charge < -0.3 is 4.90 Å². The summed E-state index contributed by atoms with van der Waals surface area (Å²) in [4.78, 5) is 25.4. The molecule has 1 aliphatic rings. The van der Waals surface area contributed by atoms with Gasteiger partial charge in [-0.3, -0.25) is 9.59 Å². The van der Waals surface area contributed by atoms with Gasteiger partial charge >= 0.3 is 0 Å². The van der Waals surface area contributed by atoms with Crippen LogP contribution in [0.5, 0.6) is 0 Å². The van der Waals surface area contributed by atoms with Crippen LogP contribution in [0.15, 0.2) is 24.3 Å². The van der Waals surface area contributed by atoms with Gasteiger partial charge in [0.15, 0.2) is 5.78 Å². The van der Waals surface area contributed by atoms with Gasteiger partial charge in [-0.15, -0.1) is 0 Å². The van der Waals surface area contributed by atoms with Gasteiger partial charge in [0.2, 0.25) is 5.91 Å². The van der Waals surface area contributed by atoms with E-state index in [1.54, 1.807) is 4.90 Å². The molecule has 1 amide bonds. The maximum atomic E-state index is 12.3. The molecule has 0 aliphatic carbocycles. The highest BCUT2D eigenvalue weighted by atomic mass is 16.2. The standard InChI is InChI=1S/C14H17NO2/c1-10-5-7-12(8-6-10)14(17)13-4-3-9-15(13)11(2)16/h5-8,13H,3-4,9H2,1-2H3. The molecule has 1 aromatic carbocycles. The Bertz CT molecular complexity index is 436. The number of likely N-dealkylation sites (tertiary alicyclic amines) is 1. The summed E-state index contributed by atoms with van der Waals surface area (Å²) in [7, 11) is 0. The van der Waals surface area contributed by atoms with Crippen molar-refractivity contribution in [2.45, 2.75) is 32.7 Å². The lowest BCUT2D eigenvalue weighted by Crippen LogP contribution is -2.39. The molecule has 0 N–H and O–H groups in total. The molecule has 90 valence electrons. The number of hydrogen-bond acceptors (Lipinski definition) is 2. The molecule has 0 radical (unpaired) electrons. The minimum Gasteiger partial charge on any atom is -0.333 e. The number of carbonyl (C=O) groups excluding carboxylic acids is 2. The van der Waals surface area contributed by atoms with Crippen molar-refractivity contribution in [1.29, 1.82) is 0 Å². The summed E-state index contributed by atoms with van der Waals surface area (Å²) in [5.74, 6) is 0.0608. The van der Waals surface area contributed by atoms with Crippen molar-refractivity contribution in [3.05, 3.63) is 35.4 Å². The molecule has 1 aliphatic heterocycles. The monoisotopic (exact) mass is 231 g/mol. The molecule has 1 saturated heterocycles. The van der Waals surface area contributed by atoms with Gasteiger partial charge in [0.05, 0.1) is 6.04 Å². The number of hydrogen-bond donors (Lipinski definition) is 0. The lowest BCUT2D eigenvalue weighted by atomic mass is 10.0. The third-order valence-corrected chi connectivity index (χ3v) is 3.30. The van der Waals surface area contributed by atoms with Gasteiger partial charge in [-0.05, 0) is 19.8 Å². The van der Waals surface area contributed by atoms with Gasteiger partial charge in [-0.25, -0.2) is 0 Å². The van der Waals surface area contributed by atoms with Gasteiger partial charge in [-0.1, -0.05) is 29.8 Å². The number of aryl methyl sites for hydroxylation is 1. The van der Waals surface area contributed by atoms with E-state index in [2.05, 4.69) is 0 Å². The molecule has 1 atom stereocenters. The van der Waals surface area contributed by atoms with Gasteiger partial charge in [0.25, 0.3) is 0 Å². The second-order valence-corrected chi connectivity index (χ2v) is 4.60. The van der Waals surface area contributed by atoms with Crippen LogP contribution in [0.2, 0.25) is 0 Å². The summed E-state index contributed by atoms with van der Waals surface area (Å²) in [5, 5.41) is 0. The van der Waals surface area contributed by atoms with E-state index < -0.39 is 0 Å². The molecule has 3 nitrogen and oxygen atoms in total. The second kappa shape index (κ2) is 4.70. The summed E-state index contributed by atoms with van der Waals surface area (Å²) < 4.78 is 0. The van der Waals surface area contributed by atoms with E-state index in [0.29, 0.717) is 12.1 Å². The zero-order valence-corrected chi connectivity index (χ0v) is 10.3. The Morgan fingerprint density at radius 1 is 1.24 bits per heavy atom. The maximum Gasteiger partial charge on any atom is 0.220 e. The largest absolute Gasteiger partial charge is 0.333 e. The number of Topliss-reactive ketones (excluding diaryl/α,β-unsaturated/α-hetero) is 1. The van der Waals surface area contributed by atoms with Crippen LogP contribution in [0.3, 0.4) is 0 Å². The Kier molecular flexibility index (Phi) is 3.27. The third kappa shape index (κ3) is 2.38. The highest BCUT2D eigenvalue weighted by Crippen LogP contribution is 2.21. The SMILES string of the molecule is CC(=O)N1CCCC1C(=O)c1ccc(C)cc1.